The number of hydrogen-bond donors (Lipinski definition) is 1. The number of sulfonamides is 1. The van der Waals surface area contributed by atoms with Crippen LogP contribution >= 0.6 is 0 Å². The Kier molecular flexibility index (Phi) is 6.57. The number of carbonyl (C=O) groups is 1. The van der Waals surface area contributed by atoms with Gasteiger partial charge in [0.1, 0.15) is 6.54 Å². The number of rotatable bonds is 7. The van der Waals surface area contributed by atoms with Gasteiger partial charge in [0.15, 0.2) is 0 Å². The van der Waals surface area contributed by atoms with Gasteiger partial charge in [0, 0.05) is 0 Å². The fourth-order valence-electron chi connectivity index (χ4n) is 3.16. The molecule has 0 aliphatic heterocycles. The molecule has 0 unspecified atom stereocenters. The van der Waals surface area contributed by atoms with Gasteiger partial charge in [0.05, 0.1) is 16.6 Å². The highest BCUT2D eigenvalue weighted by Gasteiger charge is 2.27. The number of hydrogen-bond acceptors (Lipinski definition) is 3. The van der Waals surface area contributed by atoms with E-state index in [1.54, 1.807) is 30.3 Å². The highest BCUT2D eigenvalue weighted by Crippen LogP contribution is 2.25. The minimum atomic E-state index is -3.91. The predicted molar refractivity (Wildman–Crippen MR) is 120 cm³/mol. The van der Waals surface area contributed by atoms with Crippen LogP contribution in [0.5, 0.6) is 0 Å². The van der Waals surface area contributed by atoms with Gasteiger partial charge < -0.3 is 5.32 Å². The molecule has 0 saturated heterocycles. The molecule has 0 fully saturated rings. The van der Waals surface area contributed by atoms with E-state index >= 15 is 0 Å². The zero-order chi connectivity index (χ0) is 21.7. The van der Waals surface area contributed by atoms with Crippen LogP contribution in [0, 0.1) is 13.8 Å². The first-order chi connectivity index (χ1) is 14.3. The lowest BCUT2D eigenvalue weighted by Crippen LogP contribution is -2.41. The van der Waals surface area contributed by atoms with Crippen LogP contribution in [0.2, 0.25) is 0 Å². The summed E-state index contributed by atoms with van der Waals surface area (Å²) in [6.45, 7) is 5.45. The van der Waals surface area contributed by atoms with Gasteiger partial charge in [-0.25, -0.2) is 8.42 Å². The van der Waals surface area contributed by atoms with Crippen molar-refractivity contribution in [2.75, 3.05) is 10.8 Å². The summed E-state index contributed by atoms with van der Waals surface area (Å²) in [4.78, 5) is 13.0. The molecule has 0 saturated carbocycles. The number of aryl methyl sites for hydroxylation is 2. The van der Waals surface area contributed by atoms with Gasteiger partial charge in [-0.15, -0.1) is 0 Å². The lowest BCUT2D eigenvalue weighted by atomic mass is 10.1. The topological polar surface area (TPSA) is 66.5 Å². The Morgan fingerprint density at radius 2 is 1.50 bits per heavy atom. The van der Waals surface area contributed by atoms with Crippen LogP contribution in [0.4, 0.5) is 5.69 Å². The maximum absolute atomic E-state index is 13.4. The summed E-state index contributed by atoms with van der Waals surface area (Å²) in [5.41, 5.74) is 3.43. The van der Waals surface area contributed by atoms with Crippen molar-refractivity contribution in [2.24, 2.45) is 0 Å². The molecule has 6 heteroatoms. The average Bonchev–Trinajstić information content (AvgIpc) is 2.75. The molecular weight excluding hydrogens is 396 g/mol. The summed E-state index contributed by atoms with van der Waals surface area (Å²) >= 11 is 0. The molecule has 0 aliphatic carbocycles. The minimum absolute atomic E-state index is 0.145. The monoisotopic (exact) mass is 422 g/mol. The first-order valence-corrected chi connectivity index (χ1v) is 11.2. The second-order valence-corrected chi connectivity index (χ2v) is 9.16. The largest absolute Gasteiger partial charge is 0.348 e. The molecule has 1 N–H and O–H groups in total. The van der Waals surface area contributed by atoms with Crippen LogP contribution in [0.15, 0.2) is 83.8 Å². The Morgan fingerprint density at radius 3 is 2.10 bits per heavy atom. The van der Waals surface area contributed by atoms with Crippen LogP contribution in [-0.2, 0) is 14.8 Å². The fraction of sp³-hybridized carbons (Fsp3) is 0.208. The number of carbonyl (C=O) groups excluding carboxylic acids is 1. The molecule has 0 bridgehead atoms. The van der Waals surface area contributed by atoms with Gasteiger partial charge in [-0.2, -0.15) is 0 Å². The normalized spacial score (nSPS) is 12.2. The lowest BCUT2D eigenvalue weighted by molar-refractivity contribution is -0.120. The van der Waals surface area contributed by atoms with Gasteiger partial charge in [-0.05, 0) is 61.7 Å². The number of nitrogens with zero attached hydrogens (tertiary/aromatic N) is 1. The molecule has 1 amide bonds. The fourth-order valence-corrected chi connectivity index (χ4v) is 4.59. The van der Waals surface area contributed by atoms with Crippen LogP contribution in [-0.4, -0.2) is 20.9 Å². The summed E-state index contributed by atoms with van der Waals surface area (Å²) in [5.74, 6) is -0.371. The van der Waals surface area contributed by atoms with Crippen molar-refractivity contribution in [3.8, 4) is 0 Å². The highest BCUT2D eigenvalue weighted by molar-refractivity contribution is 7.92. The summed E-state index contributed by atoms with van der Waals surface area (Å²) in [5, 5.41) is 2.90. The molecular formula is C24H26N2O3S. The van der Waals surface area contributed by atoms with Crippen LogP contribution in [0.3, 0.4) is 0 Å². The van der Waals surface area contributed by atoms with E-state index in [0.29, 0.717) is 5.69 Å². The third kappa shape index (κ3) is 4.89. The standard InChI is InChI=1S/C24H26N2O3S/c1-18-14-15-22(16-19(18)2)26(30(28,29)23-12-8-5-9-13-23)17-24(27)25-20(3)21-10-6-4-7-11-21/h4-16,20H,17H2,1-3H3,(H,25,27)/t20-/m1/s1. The number of benzene rings is 3. The van der Waals surface area contributed by atoms with Crippen molar-refractivity contribution in [1.29, 1.82) is 0 Å². The molecule has 1 atom stereocenters. The Labute approximate surface area is 178 Å². The third-order valence-corrected chi connectivity index (χ3v) is 6.86. The van der Waals surface area contributed by atoms with Gasteiger partial charge in [-0.1, -0.05) is 54.6 Å². The highest BCUT2D eigenvalue weighted by atomic mass is 32.2. The number of anilines is 1. The molecule has 5 nitrogen and oxygen atoms in total. The summed E-state index contributed by atoms with van der Waals surface area (Å²) in [6, 6.07) is 22.9. The molecule has 156 valence electrons. The Bertz CT molecular complexity index is 1110. The van der Waals surface area contributed by atoms with E-state index in [0.717, 1.165) is 16.7 Å². The van der Waals surface area contributed by atoms with E-state index < -0.39 is 10.0 Å². The van der Waals surface area contributed by atoms with Crippen molar-refractivity contribution in [1.82, 2.24) is 5.32 Å². The quantitative estimate of drug-likeness (QED) is 0.615. The Morgan fingerprint density at radius 1 is 0.900 bits per heavy atom. The van der Waals surface area contributed by atoms with Crippen molar-refractivity contribution in [3.63, 3.8) is 0 Å². The van der Waals surface area contributed by atoms with E-state index in [-0.39, 0.29) is 23.4 Å². The number of amides is 1. The third-order valence-electron chi connectivity index (χ3n) is 5.07. The van der Waals surface area contributed by atoms with Crippen LogP contribution in [0.25, 0.3) is 0 Å². The molecule has 3 aromatic carbocycles. The maximum Gasteiger partial charge on any atom is 0.264 e. The first-order valence-electron chi connectivity index (χ1n) is 9.78. The molecule has 0 radical (unpaired) electrons. The van der Waals surface area contributed by atoms with E-state index in [4.69, 9.17) is 0 Å². The molecule has 30 heavy (non-hydrogen) atoms. The van der Waals surface area contributed by atoms with E-state index in [1.807, 2.05) is 57.2 Å². The SMILES string of the molecule is Cc1ccc(N(CC(=O)N[C@H](C)c2ccccc2)S(=O)(=O)c2ccccc2)cc1C. The van der Waals surface area contributed by atoms with Crippen LogP contribution in [0.1, 0.15) is 29.7 Å². The summed E-state index contributed by atoms with van der Waals surface area (Å²) < 4.78 is 27.9. The molecule has 0 heterocycles. The van der Waals surface area contributed by atoms with Gasteiger partial charge in [0.2, 0.25) is 5.91 Å². The van der Waals surface area contributed by atoms with Crippen molar-refractivity contribution >= 4 is 21.6 Å². The molecule has 0 aromatic heterocycles. The Balaban J connectivity index is 1.91. The van der Waals surface area contributed by atoms with Gasteiger partial charge in [-0.3, -0.25) is 9.10 Å². The zero-order valence-corrected chi connectivity index (χ0v) is 18.2. The van der Waals surface area contributed by atoms with Crippen molar-refractivity contribution < 1.29 is 13.2 Å². The lowest BCUT2D eigenvalue weighted by Gasteiger charge is -2.25. The number of nitrogens with one attached hydrogen (secondary N) is 1. The van der Waals surface area contributed by atoms with Gasteiger partial charge in [0.25, 0.3) is 10.0 Å². The predicted octanol–water partition coefficient (Wildman–Crippen LogP) is 4.38. The zero-order valence-electron chi connectivity index (χ0n) is 17.4. The van der Waals surface area contributed by atoms with Crippen molar-refractivity contribution in [3.05, 3.63) is 95.6 Å². The Hall–Kier alpha value is -3.12. The average molecular weight is 423 g/mol. The molecule has 0 spiro atoms. The summed E-state index contributed by atoms with van der Waals surface area (Å²) in [6.07, 6.45) is 0. The smallest absolute Gasteiger partial charge is 0.264 e. The van der Waals surface area contributed by atoms with E-state index in [2.05, 4.69) is 5.32 Å². The molecule has 3 aromatic rings. The second-order valence-electron chi connectivity index (χ2n) is 7.29. The van der Waals surface area contributed by atoms with Gasteiger partial charge >= 0.3 is 0 Å². The first kappa shape index (κ1) is 21.6. The second kappa shape index (κ2) is 9.13. The minimum Gasteiger partial charge on any atom is -0.348 e. The molecule has 0 aliphatic rings. The summed E-state index contributed by atoms with van der Waals surface area (Å²) in [7, 11) is -3.91. The van der Waals surface area contributed by atoms with E-state index in [9.17, 15) is 13.2 Å². The van der Waals surface area contributed by atoms with E-state index in [1.165, 1.54) is 16.4 Å². The van der Waals surface area contributed by atoms with Crippen LogP contribution < -0.4 is 9.62 Å². The van der Waals surface area contributed by atoms with Crippen molar-refractivity contribution in [2.45, 2.75) is 31.7 Å². The molecule has 3 rings (SSSR count). The maximum atomic E-state index is 13.4.